The van der Waals surface area contributed by atoms with Gasteiger partial charge in [-0.15, -0.1) is 0 Å². The first-order valence-corrected chi connectivity index (χ1v) is 5.99. The second-order valence-electron chi connectivity index (χ2n) is 3.93. The Balaban J connectivity index is 2.05. The molecule has 0 aliphatic carbocycles. The van der Waals surface area contributed by atoms with Crippen LogP contribution in [0.4, 0.5) is 0 Å². The molecule has 1 aromatic heterocycles. The average molecular weight is 306 g/mol. The van der Waals surface area contributed by atoms with Gasteiger partial charge in [-0.05, 0) is 28.1 Å². The second-order valence-corrected chi connectivity index (χ2v) is 4.71. The van der Waals surface area contributed by atoms with Crippen LogP contribution in [0.3, 0.4) is 0 Å². The summed E-state index contributed by atoms with van der Waals surface area (Å²) >= 11 is 3.17. The highest BCUT2D eigenvalue weighted by Crippen LogP contribution is 2.32. The Kier molecular flexibility index (Phi) is 3.50. The third kappa shape index (κ3) is 2.36. The Morgan fingerprint density at radius 3 is 2.59 bits per heavy atom. The van der Waals surface area contributed by atoms with Crippen LogP contribution in [0.25, 0.3) is 0 Å². The quantitative estimate of drug-likeness (QED) is 0.633. The predicted molar refractivity (Wildman–Crippen MR) is 61.1 cm³/mol. The number of hydrogen-bond donors (Lipinski definition) is 0. The molecule has 0 bridgehead atoms. The first kappa shape index (κ1) is 12.5. The minimum Gasteiger partial charge on any atom is -0.449 e. The summed E-state index contributed by atoms with van der Waals surface area (Å²) in [6.45, 7) is 1.80. The third-order valence-corrected chi connectivity index (χ3v) is 3.30. The van der Waals surface area contributed by atoms with Crippen LogP contribution in [0.5, 0.6) is 0 Å². The normalized spacial score (nSPS) is 29.2. The topological polar surface area (TPSA) is 74.7 Å². The van der Waals surface area contributed by atoms with Crippen molar-refractivity contribution in [3.05, 3.63) is 32.7 Å². The third-order valence-electron chi connectivity index (χ3n) is 2.88. The smallest absolute Gasteiger partial charge is 0.267 e. The van der Waals surface area contributed by atoms with E-state index in [0.29, 0.717) is 16.9 Å². The number of hydrogen-bond acceptors (Lipinski definition) is 5. The Hall–Kier alpha value is -0.920. The molecule has 17 heavy (non-hydrogen) atoms. The number of ether oxygens (including phenoxy) is 2. The van der Waals surface area contributed by atoms with Gasteiger partial charge in [-0.25, -0.2) is 0 Å². The fourth-order valence-electron chi connectivity index (χ4n) is 1.61. The summed E-state index contributed by atoms with van der Waals surface area (Å²) in [5.41, 5.74) is -1.14. The van der Waals surface area contributed by atoms with Crippen LogP contribution in [0.1, 0.15) is 25.4 Å². The second kappa shape index (κ2) is 4.75. The molecule has 1 aliphatic rings. The monoisotopic (exact) mass is 305 g/mol. The minimum absolute atomic E-state index is 0.0273. The van der Waals surface area contributed by atoms with Gasteiger partial charge in [-0.2, -0.15) is 0 Å². The molecule has 6 nitrogen and oxygen atoms in total. The SMILES string of the molecule is CCC1([N+](=O)[O-])COC(c2ccc(Br)o2)OC1. The van der Waals surface area contributed by atoms with Gasteiger partial charge in [0, 0.05) is 11.3 Å². The van der Waals surface area contributed by atoms with Crippen molar-refractivity contribution in [3.8, 4) is 0 Å². The van der Waals surface area contributed by atoms with E-state index in [1.54, 1.807) is 19.1 Å². The number of furan rings is 1. The Morgan fingerprint density at radius 2 is 2.18 bits per heavy atom. The molecule has 0 amide bonds. The van der Waals surface area contributed by atoms with E-state index in [0.717, 1.165) is 0 Å². The molecule has 1 aromatic rings. The maximum atomic E-state index is 11.0. The molecule has 0 spiro atoms. The van der Waals surface area contributed by atoms with Crippen LogP contribution >= 0.6 is 15.9 Å². The van der Waals surface area contributed by atoms with Gasteiger partial charge in [0.05, 0.1) is 0 Å². The summed E-state index contributed by atoms with van der Waals surface area (Å²) < 4.78 is 16.6. The molecule has 94 valence electrons. The fourth-order valence-corrected chi connectivity index (χ4v) is 1.93. The van der Waals surface area contributed by atoms with Crippen LogP contribution < -0.4 is 0 Å². The summed E-state index contributed by atoms with van der Waals surface area (Å²) in [4.78, 5) is 10.6. The highest BCUT2D eigenvalue weighted by molar-refractivity contribution is 9.10. The minimum atomic E-state index is -1.14. The van der Waals surface area contributed by atoms with Crippen molar-refractivity contribution in [3.63, 3.8) is 0 Å². The van der Waals surface area contributed by atoms with E-state index in [2.05, 4.69) is 15.9 Å². The molecular weight excluding hydrogens is 294 g/mol. The van der Waals surface area contributed by atoms with Gasteiger partial charge < -0.3 is 13.9 Å². The standard InChI is InChI=1S/C10H12BrNO5/c1-2-10(12(13)14)5-15-9(16-6-10)7-3-4-8(11)17-7/h3-4,9H,2,5-6H2,1H3. The molecule has 1 aliphatic heterocycles. The molecule has 0 saturated carbocycles. The first-order chi connectivity index (χ1) is 8.07. The number of rotatable bonds is 3. The highest BCUT2D eigenvalue weighted by Gasteiger charge is 2.47. The van der Waals surface area contributed by atoms with Gasteiger partial charge in [-0.3, -0.25) is 10.1 Å². The Labute approximate surface area is 106 Å². The fraction of sp³-hybridized carbons (Fsp3) is 0.600. The molecular formula is C10H12BrNO5. The lowest BCUT2D eigenvalue weighted by Crippen LogP contribution is -2.50. The van der Waals surface area contributed by atoms with E-state index in [1.165, 1.54) is 0 Å². The van der Waals surface area contributed by atoms with Crippen molar-refractivity contribution in [1.82, 2.24) is 0 Å². The summed E-state index contributed by atoms with van der Waals surface area (Å²) in [7, 11) is 0. The van der Waals surface area contributed by atoms with E-state index < -0.39 is 11.8 Å². The predicted octanol–water partition coefficient (Wildman–Crippen LogP) is 2.51. The van der Waals surface area contributed by atoms with Crippen molar-refractivity contribution < 1.29 is 18.8 Å². The van der Waals surface area contributed by atoms with Gasteiger partial charge in [0.25, 0.3) is 5.54 Å². The first-order valence-electron chi connectivity index (χ1n) is 5.20. The van der Waals surface area contributed by atoms with Gasteiger partial charge in [0.1, 0.15) is 13.2 Å². The maximum Gasteiger partial charge on any atom is 0.267 e. The largest absolute Gasteiger partial charge is 0.449 e. The average Bonchev–Trinajstić information content (AvgIpc) is 2.76. The zero-order valence-corrected chi connectivity index (χ0v) is 10.8. The van der Waals surface area contributed by atoms with E-state index in [4.69, 9.17) is 13.9 Å². The summed E-state index contributed by atoms with van der Waals surface area (Å²) in [5.74, 6) is 0.505. The van der Waals surface area contributed by atoms with Gasteiger partial charge in [0.15, 0.2) is 10.4 Å². The number of halogens is 1. The van der Waals surface area contributed by atoms with Crippen molar-refractivity contribution in [1.29, 1.82) is 0 Å². The Morgan fingerprint density at radius 1 is 1.53 bits per heavy atom. The maximum absolute atomic E-state index is 11.0. The molecule has 0 aromatic carbocycles. The summed E-state index contributed by atoms with van der Waals surface area (Å²) in [5, 5.41) is 11.0. The molecule has 0 atom stereocenters. The van der Waals surface area contributed by atoms with Crippen molar-refractivity contribution in [2.75, 3.05) is 13.2 Å². The number of nitrogens with zero attached hydrogens (tertiary/aromatic N) is 1. The van der Waals surface area contributed by atoms with Crippen molar-refractivity contribution in [2.45, 2.75) is 25.2 Å². The van der Waals surface area contributed by atoms with Crippen molar-refractivity contribution in [2.24, 2.45) is 0 Å². The van der Waals surface area contributed by atoms with E-state index in [9.17, 15) is 10.1 Å². The molecule has 0 N–H and O–H groups in total. The van der Waals surface area contributed by atoms with Crippen LogP contribution in [-0.2, 0) is 9.47 Å². The van der Waals surface area contributed by atoms with E-state index in [-0.39, 0.29) is 18.1 Å². The molecule has 0 unspecified atom stereocenters. The lowest BCUT2D eigenvalue weighted by Gasteiger charge is -2.31. The van der Waals surface area contributed by atoms with Gasteiger partial charge in [0.2, 0.25) is 6.29 Å². The van der Waals surface area contributed by atoms with Crippen LogP contribution in [0.15, 0.2) is 21.2 Å². The van der Waals surface area contributed by atoms with Crippen LogP contribution in [0.2, 0.25) is 0 Å². The van der Waals surface area contributed by atoms with Gasteiger partial charge in [-0.1, -0.05) is 6.92 Å². The molecule has 1 saturated heterocycles. The Bertz CT molecular complexity index is 411. The molecule has 2 heterocycles. The van der Waals surface area contributed by atoms with E-state index in [1.807, 2.05) is 0 Å². The molecule has 0 radical (unpaired) electrons. The van der Waals surface area contributed by atoms with Gasteiger partial charge >= 0.3 is 0 Å². The van der Waals surface area contributed by atoms with Crippen LogP contribution in [-0.4, -0.2) is 23.7 Å². The zero-order valence-electron chi connectivity index (χ0n) is 9.22. The summed E-state index contributed by atoms with van der Waals surface area (Å²) in [6, 6.07) is 3.43. The molecule has 1 fully saturated rings. The molecule has 7 heteroatoms. The van der Waals surface area contributed by atoms with Crippen molar-refractivity contribution >= 4 is 15.9 Å². The van der Waals surface area contributed by atoms with Crippen LogP contribution in [0, 0.1) is 10.1 Å². The summed E-state index contributed by atoms with van der Waals surface area (Å²) in [6.07, 6.45) is -0.296. The number of nitro groups is 1. The lowest BCUT2D eigenvalue weighted by atomic mass is 9.99. The lowest BCUT2D eigenvalue weighted by molar-refractivity contribution is -0.592. The van der Waals surface area contributed by atoms with E-state index >= 15 is 0 Å². The zero-order chi connectivity index (χ0) is 12.5. The molecule has 2 rings (SSSR count). The highest BCUT2D eigenvalue weighted by atomic mass is 79.9.